The molecule has 0 bridgehead atoms. The smallest absolute Gasteiger partial charge is 0.255 e. The zero-order chi connectivity index (χ0) is 16.7. The third kappa shape index (κ3) is 2.50. The topological polar surface area (TPSA) is 44.9 Å². The Bertz CT molecular complexity index is 936. The van der Waals surface area contributed by atoms with Crippen LogP contribution in [0, 0.1) is 13.8 Å². The maximum absolute atomic E-state index is 12.7. The number of carbonyl (C=O) groups excluding carboxylic acids is 1. The average molecular weight is 318 g/mol. The summed E-state index contributed by atoms with van der Waals surface area (Å²) in [6, 6.07) is 12.1. The van der Waals surface area contributed by atoms with Crippen LogP contribution in [0.25, 0.3) is 10.9 Å². The van der Waals surface area contributed by atoms with E-state index < -0.39 is 0 Å². The fourth-order valence-corrected chi connectivity index (χ4v) is 3.70. The van der Waals surface area contributed by atoms with Gasteiger partial charge >= 0.3 is 0 Å². The number of aryl methyl sites for hydroxylation is 3. The molecule has 0 saturated carbocycles. The first-order valence-electron chi connectivity index (χ1n) is 8.64. The summed E-state index contributed by atoms with van der Waals surface area (Å²) >= 11 is 0. The highest BCUT2D eigenvalue weighted by molar-refractivity contribution is 6.07. The summed E-state index contributed by atoms with van der Waals surface area (Å²) in [5, 5.41) is 4.25. The van der Waals surface area contributed by atoms with Crippen molar-refractivity contribution in [3.05, 3.63) is 64.3 Å². The number of rotatable bonds is 2. The van der Waals surface area contributed by atoms with Crippen LogP contribution in [0.5, 0.6) is 0 Å². The third-order valence-corrected chi connectivity index (χ3v) is 5.21. The quantitative estimate of drug-likeness (QED) is 0.692. The van der Waals surface area contributed by atoms with Crippen molar-refractivity contribution < 1.29 is 4.79 Å². The molecule has 2 N–H and O–H groups in total. The lowest BCUT2D eigenvalue weighted by Crippen LogP contribution is -2.15. The summed E-state index contributed by atoms with van der Waals surface area (Å²) in [6.07, 6.45) is 4.62. The third-order valence-electron chi connectivity index (χ3n) is 5.21. The van der Waals surface area contributed by atoms with Gasteiger partial charge in [0.05, 0.1) is 0 Å². The molecule has 0 fully saturated rings. The summed E-state index contributed by atoms with van der Waals surface area (Å²) in [6.45, 7) is 4.15. The molecule has 1 aromatic heterocycles. The van der Waals surface area contributed by atoms with Crippen LogP contribution in [0.15, 0.2) is 36.4 Å². The van der Waals surface area contributed by atoms with Gasteiger partial charge < -0.3 is 10.3 Å². The van der Waals surface area contributed by atoms with E-state index in [9.17, 15) is 4.79 Å². The van der Waals surface area contributed by atoms with E-state index in [0.29, 0.717) is 5.56 Å². The molecule has 3 heteroatoms. The van der Waals surface area contributed by atoms with Gasteiger partial charge in [-0.3, -0.25) is 4.79 Å². The summed E-state index contributed by atoms with van der Waals surface area (Å²) in [5.41, 5.74) is 7.81. The minimum absolute atomic E-state index is 0.0332. The molecule has 2 aromatic carbocycles. The van der Waals surface area contributed by atoms with E-state index in [1.165, 1.54) is 29.5 Å². The fourth-order valence-electron chi connectivity index (χ4n) is 3.70. The Balaban J connectivity index is 1.66. The van der Waals surface area contributed by atoms with Crippen molar-refractivity contribution in [1.82, 2.24) is 4.98 Å². The Morgan fingerprint density at radius 2 is 1.92 bits per heavy atom. The second-order valence-electron chi connectivity index (χ2n) is 6.74. The summed E-state index contributed by atoms with van der Waals surface area (Å²) in [4.78, 5) is 16.1. The number of nitrogens with one attached hydrogen (secondary N) is 2. The maximum atomic E-state index is 12.7. The van der Waals surface area contributed by atoms with Gasteiger partial charge in [0.2, 0.25) is 0 Å². The van der Waals surface area contributed by atoms with E-state index in [4.69, 9.17) is 0 Å². The molecule has 0 spiro atoms. The van der Waals surface area contributed by atoms with E-state index in [2.05, 4.69) is 30.2 Å². The number of aromatic nitrogens is 1. The number of anilines is 1. The van der Waals surface area contributed by atoms with Gasteiger partial charge in [-0.25, -0.2) is 0 Å². The van der Waals surface area contributed by atoms with Gasteiger partial charge in [0, 0.05) is 27.8 Å². The Morgan fingerprint density at radius 1 is 1.08 bits per heavy atom. The Hall–Kier alpha value is -2.55. The predicted octanol–water partition coefficient (Wildman–Crippen LogP) is 4.92. The number of benzene rings is 2. The van der Waals surface area contributed by atoms with Gasteiger partial charge in [0.15, 0.2) is 0 Å². The number of fused-ring (bicyclic) bond motifs is 2. The molecule has 122 valence electrons. The molecular weight excluding hydrogens is 296 g/mol. The summed E-state index contributed by atoms with van der Waals surface area (Å²) in [7, 11) is 0. The first-order chi connectivity index (χ1) is 11.6. The van der Waals surface area contributed by atoms with Crippen LogP contribution in [0.2, 0.25) is 0 Å². The number of aromatic amines is 1. The van der Waals surface area contributed by atoms with Crippen molar-refractivity contribution in [3.63, 3.8) is 0 Å². The molecule has 3 nitrogen and oxygen atoms in total. The van der Waals surface area contributed by atoms with Crippen LogP contribution < -0.4 is 5.32 Å². The highest BCUT2D eigenvalue weighted by atomic mass is 16.1. The second-order valence-corrected chi connectivity index (χ2v) is 6.74. The molecule has 1 aliphatic rings. The molecule has 24 heavy (non-hydrogen) atoms. The van der Waals surface area contributed by atoms with Crippen LogP contribution in [-0.4, -0.2) is 10.9 Å². The SMILES string of the molecule is Cc1[nH]c2ccc(C(=O)Nc3cccc4c3CCCC4)cc2c1C. The van der Waals surface area contributed by atoms with Gasteiger partial charge in [-0.2, -0.15) is 0 Å². The average Bonchev–Trinajstić information content (AvgIpc) is 2.89. The van der Waals surface area contributed by atoms with Crippen LogP contribution in [-0.2, 0) is 12.8 Å². The molecule has 0 saturated heterocycles. The number of carbonyl (C=O) groups is 1. The van der Waals surface area contributed by atoms with Crippen molar-refractivity contribution in [2.24, 2.45) is 0 Å². The molecule has 4 rings (SSSR count). The highest BCUT2D eigenvalue weighted by Crippen LogP contribution is 2.28. The van der Waals surface area contributed by atoms with Gasteiger partial charge in [-0.05, 0) is 80.5 Å². The lowest BCUT2D eigenvalue weighted by molar-refractivity contribution is 0.102. The molecular formula is C21H22N2O. The monoisotopic (exact) mass is 318 g/mol. The molecule has 0 atom stereocenters. The van der Waals surface area contributed by atoms with Crippen molar-refractivity contribution in [2.75, 3.05) is 5.32 Å². The largest absolute Gasteiger partial charge is 0.358 e. The molecule has 1 aliphatic carbocycles. The normalized spacial score (nSPS) is 13.8. The fraction of sp³-hybridized carbons (Fsp3) is 0.286. The Labute approximate surface area is 142 Å². The predicted molar refractivity (Wildman–Crippen MR) is 98.8 cm³/mol. The van der Waals surface area contributed by atoms with Crippen LogP contribution in [0.4, 0.5) is 5.69 Å². The first-order valence-corrected chi connectivity index (χ1v) is 8.64. The van der Waals surface area contributed by atoms with E-state index in [-0.39, 0.29) is 5.91 Å². The van der Waals surface area contributed by atoms with Crippen LogP contribution >= 0.6 is 0 Å². The zero-order valence-electron chi connectivity index (χ0n) is 14.2. The maximum Gasteiger partial charge on any atom is 0.255 e. The van der Waals surface area contributed by atoms with E-state index >= 15 is 0 Å². The number of hydrogen-bond acceptors (Lipinski definition) is 1. The Morgan fingerprint density at radius 3 is 2.79 bits per heavy atom. The van der Waals surface area contributed by atoms with Crippen molar-refractivity contribution in [1.29, 1.82) is 0 Å². The van der Waals surface area contributed by atoms with E-state index in [0.717, 1.165) is 35.1 Å². The summed E-state index contributed by atoms with van der Waals surface area (Å²) < 4.78 is 0. The lowest BCUT2D eigenvalue weighted by Gasteiger charge is -2.19. The number of H-pyrrole nitrogens is 1. The zero-order valence-corrected chi connectivity index (χ0v) is 14.2. The van der Waals surface area contributed by atoms with Gasteiger partial charge in [-0.15, -0.1) is 0 Å². The summed E-state index contributed by atoms with van der Waals surface area (Å²) in [5.74, 6) is -0.0332. The van der Waals surface area contributed by atoms with E-state index in [1.54, 1.807) is 0 Å². The lowest BCUT2D eigenvalue weighted by atomic mass is 9.90. The second kappa shape index (κ2) is 5.82. The van der Waals surface area contributed by atoms with Gasteiger partial charge in [0.25, 0.3) is 5.91 Å². The Kier molecular flexibility index (Phi) is 3.64. The van der Waals surface area contributed by atoms with Crippen molar-refractivity contribution in [3.8, 4) is 0 Å². The molecule has 0 aliphatic heterocycles. The minimum Gasteiger partial charge on any atom is -0.358 e. The van der Waals surface area contributed by atoms with E-state index in [1.807, 2.05) is 30.3 Å². The molecule has 1 heterocycles. The molecule has 0 unspecified atom stereocenters. The first kappa shape index (κ1) is 15.0. The van der Waals surface area contributed by atoms with Gasteiger partial charge in [0.1, 0.15) is 0 Å². The minimum atomic E-state index is -0.0332. The van der Waals surface area contributed by atoms with Crippen molar-refractivity contribution >= 4 is 22.5 Å². The van der Waals surface area contributed by atoms with Gasteiger partial charge in [-0.1, -0.05) is 12.1 Å². The van der Waals surface area contributed by atoms with Crippen molar-refractivity contribution in [2.45, 2.75) is 39.5 Å². The number of hydrogen-bond donors (Lipinski definition) is 2. The van der Waals surface area contributed by atoms with Crippen LogP contribution in [0.3, 0.4) is 0 Å². The molecule has 3 aromatic rings. The number of amides is 1. The van der Waals surface area contributed by atoms with Crippen LogP contribution in [0.1, 0.15) is 45.6 Å². The molecule has 1 amide bonds. The highest BCUT2D eigenvalue weighted by Gasteiger charge is 2.16. The standard InChI is InChI=1S/C21H22N2O/c1-13-14(2)22-20-11-10-16(12-18(13)20)21(24)23-19-9-5-7-15-6-3-4-8-17(15)19/h5,7,9-12,22H,3-4,6,8H2,1-2H3,(H,23,24). The molecule has 0 radical (unpaired) electrons.